The molecule has 0 unspecified atom stereocenters. The minimum Gasteiger partial charge on any atom is -0.337 e. The van der Waals surface area contributed by atoms with E-state index in [1.807, 2.05) is 30.5 Å². The molecule has 0 amide bonds. The smallest absolute Gasteiger partial charge is 0.159 e. The van der Waals surface area contributed by atoms with Crippen LogP contribution in [0, 0.1) is 5.82 Å². The monoisotopic (exact) mass is 410 g/mol. The van der Waals surface area contributed by atoms with Crippen molar-refractivity contribution < 1.29 is 4.39 Å². The van der Waals surface area contributed by atoms with E-state index in [2.05, 4.69) is 37.6 Å². The number of nitrogens with one attached hydrogen (secondary N) is 3. The Balaban J connectivity index is 1.49. The molecule has 31 heavy (non-hydrogen) atoms. The number of fused-ring (bicyclic) bond motifs is 2. The molecule has 3 N–H and O–H groups in total. The Morgan fingerprint density at radius 1 is 1.00 bits per heavy atom. The van der Waals surface area contributed by atoms with E-state index in [9.17, 15) is 4.39 Å². The molecule has 152 valence electrons. The molecule has 5 aromatic rings. The maximum absolute atomic E-state index is 13.8. The van der Waals surface area contributed by atoms with Gasteiger partial charge in [-0.25, -0.2) is 9.37 Å². The molecule has 6 rings (SSSR count). The van der Waals surface area contributed by atoms with Gasteiger partial charge >= 0.3 is 0 Å². The van der Waals surface area contributed by atoms with Crippen LogP contribution in [0.4, 0.5) is 4.39 Å². The van der Waals surface area contributed by atoms with Crippen molar-refractivity contribution in [2.24, 2.45) is 0 Å². The molecule has 0 radical (unpaired) electrons. The molecule has 0 saturated carbocycles. The van der Waals surface area contributed by atoms with Crippen molar-refractivity contribution in [3.8, 4) is 22.6 Å². The predicted molar refractivity (Wildman–Crippen MR) is 120 cm³/mol. The molecule has 0 spiro atoms. The lowest BCUT2D eigenvalue weighted by Gasteiger charge is -2.13. The third-order valence-electron chi connectivity index (χ3n) is 5.71. The first-order valence-corrected chi connectivity index (χ1v) is 10.3. The standard InChI is InChI=1S/C24H19FN6/c25-16-4-1-3-15(11-16)17-5-2-6-19-22(17)29-24(28-19)23-18-12-20(14-7-9-26-10-8-14)27-13-21(18)30-31-23/h1-7,11-13,26H,8-10H2,(H,28,29)(H,30,31). The third-order valence-corrected chi connectivity index (χ3v) is 5.71. The summed E-state index contributed by atoms with van der Waals surface area (Å²) in [6.07, 6.45) is 4.96. The van der Waals surface area contributed by atoms with Gasteiger partial charge in [-0.05, 0) is 48.4 Å². The van der Waals surface area contributed by atoms with Gasteiger partial charge in [0, 0.05) is 17.5 Å². The summed E-state index contributed by atoms with van der Waals surface area (Å²) in [6.45, 7) is 1.82. The highest BCUT2D eigenvalue weighted by atomic mass is 19.1. The summed E-state index contributed by atoms with van der Waals surface area (Å²) in [5, 5.41) is 11.9. The molecule has 6 nitrogen and oxygen atoms in total. The predicted octanol–water partition coefficient (Wildman–Crippen LogP) is 4.68. The first-order chi connectivity index (χ1) is 15.3. The molecule has 4 heterocycles. The normalized spacial score (nSPS) is 14.3. The van der Waals surface area contributed by atoms with E-state index in [1.165, 1.54) is 17.7 Å². The maximum Gasteiger partial charge on any atom is 0.159 e. The van der Waals surface area contributed by atoms with Crippen molar-refractivity contribution in [3.05, 3.63) is 72.3 Å². The number of hydrogen-bond acceptors (Lipinski definition) is 4. The molecule has 0 atom stereocenters. The van der Waals surface area contributed by atoms with Gasteiger partial charge in [0.05, 0.1) is 28.4 Å². The summed E-state index contributed by atoms with van der Waals surface area (Å²) in [4.78, 5) is 12.8. The molecular weight excluding hydrogens is 391 g/mol. The van der Waals surface area contributed by atoms with Crippen molar-refractivity contribution in [1.82, 2.24) is 30.5 Å². The average molecular weight is 410 g/mol. The number of nitrogens with zero attached hydrogens (tertiary/aromatic N) is 3. The van der Waals surface area contributed by atoms with Gasteiger partial charge in [-0.1, -0.05) is 30.3 Å². The van der Waals surface area contributed by atoms with E-state index in [0.29, 0.717) is 5.82 Å². The fourth-order valence-corrected chi connectivity index (χ4v) is 4.16. The minimum atomic E-state index is -0.268. The van der Waals surface area contributed by atoms with E-state index in [-0.39, 0.29) is 5.82 Å². The fourth-order valence-electron chi connectivity index (χ4n) is 4.16. The zero-order valence-electron chi connectivity index (χ0n) is 16.6. The molecule has 1 aliphatic heterocycles. The molecular formula is C24H19FN6. The molecule has 0 saturated heterocycles. The number of benzene rings is 2. The van der Waals surface area contributed by atoms with Gasteiger partial charge in [0.15, 0.2) is 5.82 Å². The molecule has 0 fully saturated rings. The van der Waals surface area contributed by atoms with Gasteiger partial charge in [-0.3, -0.25) is 10.1 Å². The minimum absolute atomic E-state index is 0.268. The van der Waals surface area contributed by atoms with Crippen LogP contribution >= 0.6 is 0 Å². The number of aromatic nitrogens is 5. The summed E-state index contributed by atoms with van der Waals surface area (Å²) >= 11 is 0. The van der Waals surface area contributed by atoms with Crippen LogP contribution in [0.2, 0.25) is 0 Å². The largest absolute Gasteiger partial charge is 0.337 e. The van der Waals surface area contributed by atoms with E-state index in [4.69, 9.17) is 4.98 Å². The number of hydrogen-bond donors (Lipinski definition) is 3. The second-order valence-corrected chi connectivity index (χ2v) is 7.67. The second-order valence-electron chi connectivity index (χ2n) is 7.67. The Kier molecular flexibility index (Phi) is 4.14. The van der Waals surface area contributed by atoms with Crippen LogP contribution in [0.25, 0.3) is 50.2 Å². The van der Waals surface area contributed by atoms with E-state index >= 15 is 0 Å². The van der Waals surface area contributed by atoms with Crippen LogP contribution in [0.3, 0.4) is 0 Å². The van der Waals surface area contributed by atoms with Crippen LogP contribution in [0.5, 0.6) is 0 Å². The number of aromatic amines is 2. The van der Waals surface area contributed by atoms with Crippen LogP contribution < -0.4 is 5.32 Å². The Morgan fingerprint density at radius 3 is 2.81 bits per heavy atom. The summed E-state index contributed by atoms with van der Waals surface area (Å²) in [5.41, 5.74) is 7.15. The van der Waals surface area contributed by atoms with Crippen molar-refractivity contribution in [1.29, 1.82) is 0 Å². The highest BCUT2D eigenvalue weighted by Gasteiger charge is 2.17. The number of pyridine rings is 1. The van der Waals surface area contributed by atoms with E-state index in [1.54, 1.807) is 6.07 Å². The highest BCUT2D eigenvalue weighted by Crippen LogP contribution is 2.32. The Labute approximate surface area is 177 Å². The first-order valence-electron chi connectivity index (χ1n) is 10.3. The number of H-pyrrole nitrogens is 2. The van der Waals surface area contributed by atoms with E-state index in [0.717, 1.165) is 64.0 Å². The number of para-hydroxylation sites is 1. The molecule has 2 aromatic carbocycles. The second kappa shape index (κ2) is 7.14. The summed E-state index contributed by atoms with van der Waals surface area (Å²) in [6, 6.07) is 14.5. The molecule has 0 bridgehead atoms. The Morgan fingerprint density at radius 2 is 1.94 bits per heavy atom. The lowest BCUT2D eigenvalue weighted by atomic mass is 10.0. The first kappa shape index (κ1) is 18.0. The van der Waals surface area contributed by atoms with Crippen molar-refractivity contribution in [2.75, 3.05) is 13.1 Å². The molecule has 0 aliphatic carbocycles. The lowest BCUT2D eigenvalue weighted by molar-refractivity contribution is 0.628. The molecule has 1 aliphatic rings. The maximum atomic E-state index is 13.8. The molecule has 3 aromatic heterocycles. The zero-order chi connectivity index (χ0) is 20.8. The van der Waals surface area contributed by atoms with Crippen molar-refractivity contribution in [3.63, 3.8) is 0 Å². The zero-order valence-corrected chi connectivity index (χ0v) is 16.6. The van der Waals surface area contributed by atoms with Crippen LogP contribution in [-0.4, -0.2) is 38.2 Å². The van der Waals surface area contributed by atoms with Crippen LogP contribution in [-0.2, 0) is 0 Å². The SMILES string of the molecule is Fc1cccc(-c2cccc3[nH]c(-c4n[nH]c5cnc(C6=CCNCC6)cc45)nc23)c1. The van der Waals surface area contributed by atoms with Crippen LogP contribution in [0.15, 0.2) is 60.8 Å². The topological polar surface area (TPSA) is 82.3 Å². The van der Waals surface area contributed by atoms with Gasteiger partial charge in [-0.2, -0.15) is 5.10 Å². The van der Waals surface area contributed by atoms with Gasteiger partial charge in [0.1, 0.15) is 11.5 Å². The fraction of sp³-hybridized carbons (Fsp3) is 0.125. The van der Waals surface area contributed by atoms with Crippen LogP contribution in [0.1, 0.15) is 12.1 Å². The van der Waals surface area contributed by atoms with Crippen molar-refractivity contribution in [2.45, 2.75) is 6.42 Å². The number of halogens is 1. The van der Waals surface area contributed by atoms with Gasteiger partial charge in [0.2, 0.25) is 0 Å². The van der Waals surface area contributed by atoms with Crippen molar-refractivity contribution >= 4 is 27.5 Å². The Hall–Kier alpha value is -3.84. The third kappa shape index (κ3) is 3.10. The molecule has 7 heteroatoms. The summed E-state index contributed by atoms with van der Waals surface area (Å²) < 4.78 is 13.8. The van der Waals surface area contributed by atoms with Gasteiger partial charge in [0.25, 0.3) is 0 Å². The number of rotatable bonds is 3. The van der Waals surface area contributed by atoms with E-state index < -0.39 is 0 Å². The lowest BCUT2D eigenvalue weighted by Crippen LogP contribution is -2.20. The summed E-state index contributed by atoms with van der Waals surface area (Å²) in [5.74, 6) is 0.400. The average Bonchev–Trinajstić information content (AvgIpc) is 3.43. The van der Waals surface area contributed by atoms with Gasteiger partial charge < -0.3 is 10.3 Å². The quantitative estimate of drug-likeness (QED) is 0.403. The summed E-state index contributed by atoms with van der Waals surface area (Å²) in [7, 11) is 0. The van der Waals surface area contributed by atoms with Gasteiger partial charge in [-0.15, -0.1) is 0 Å². The Bertz CT molecular complexity index is 1460. The number of imidazole rings is 1. The highest BCUT2D eigenvalue weighted by molar-refractivity contribution is 5.97.